The number of rotatable bonds is 2. The van der Waals surface area contributed by atoms with Gasteiger partial charge in [0, 0.05) is 12.6 Å². The minimum absolute atomic E-state index is 0.304. The van der Waals surface area contributed by atoms with Gasteiger partial charge in [0.25, 0.3) is 0 Å². The number of halogens is 2. The molecule has 0 unspecified atom stereocenters. The maximum Gasteiger partial charge on any atom is 0.164 e. The standard InChI is InChI=1S/C13H9ClFN3S/c1-16-11-9-4-5-19-13(9)18-12(17-11)8-3-2-7(15)6-10(8)14/h2-6H,1H3,(H,16,17,18). The lowest BCUT2D eigenvalue weighted by atomic mass is 10.2. The van der Waals surface area contributed by atoms with E-state index in [2.05, 4.69) is 15.3 Å². The largest absolute Gasteiger partial charge is 0.372 e. The molecule has 0 fully saturated rings. The van der Waals surface area contributed by atoms with Crippen LogP contribution in [0.1, 0.15) is 0 Å². The lowest BCUT2D eigenvalue weighted by Crippen LogP contribution is -1.97. The molecule has 19 heavy (non-hydrogen) atoms. The highest BCUT2D eigenvalue weighted by Crippen LogP contribution is 2.31. The summed E-state index contributed by atoms with van der Waals surface area (Å²) in [6.07, 6.45) is 0. The first-order chi connectivity index (χ1) is 9.19. The molecule has 0 atom stereocenters. The molecule has 0 aliphatic rings. The van der Waals surface area contributed by atoms with E-state index in [-0.39, 0.29) is 5.82 Å². The van der Waals surface area contributed by atoms with Crippen LogP contribution in [0.15, 0.2) is 29.6 Å². The van der Waals surface area contributed by atoms with Gasteiger partial charge in [0.15, 0.2) is 5.82 Å². The number of nitrogens with zero attached hydrogens (tertiary/aromatic N) is 2. The Bertz CT molecular complexity index is 757. The number of fused-ring (bicyclic) bond motifs is 1. The third-order valence-corrected chi connectivity index (χ3v) is 3.85. The van der Waals surface area contributed by atoms with Crippen molar-refractivity contribution < 1.29 is 4.39 Å². The van der Waals surface area contributed by atoms with Crippen molar-refractivity contribution in [1.29, 1.82) is 0 Å². The summed E-state index contributed by atoms with van der Waals surface area (Å²) in [5, 5.41) is 6.26. The minimum Gasteiger partial charge on any atom is -0.372 e. The summed E-state index contributed by atoms with van der Waals surface area (Å²) in [5.74, 6) is 0.853. The maximum absolute atomic E-state index is 13.1. The average molecular weight is 294 g/mol. The molecular formula is C13H9ClFN3S. The highest BCUT2D eigenvalue weighted by atomic mass is 35.5. The maximum atomic E-state index is 13.1. The van der Waals surface area contributed by atoms with Crippen molar-refractivity contribution in [2.75, 3.05) is 12.4 Å². The van der Waals surface area contributed by atoms with Crippen LogP contribution in [0.2, 0.25) is 5.02 Å². The highest BCUT2D eigenvalue weighted by Gasteiger charge is 2.12. The summed E-state index contributed by atoms with van der Waals surface area (Å²) in [6.45, 7) is 0. The monoisotopic (exact) mass is 293 g/mol. The van der Waals surface area contributed by atoms with Crippen LogP contribution in [0.5, 0.6) is 0 Å². The molecule has 0 aliphatic heterocycles. The van der Waals surface area contributed by atoms with Gasteiger partial charge in [0.05, 0.1) is 10.4 Å². The summed E-state index contributed by atoms with van der Waals surface area (Å²) in [4.78, 5) is 9.77. The fourth-order valence-electron chi connectivity index (χ4n) is 1.84. The van der Waals surface area contributed by atoms with E-state index in [0.29, 0.717) is 16.4 Å². The van der Waals surface area contributed by atoms with Gasteiger partial charge in [-0.2, -0.15) is 0 Å². The van der Waals surface area contributed by atoms with Crippen molar-refractivity contribution in [1.82, 2.24) is 9.97 Å². The summed E-state index contributed by atoms with van der Waals surface area (Å²) in [5.41, 5.74) is 0.620. The molecular weight excluding hydrogens is 285 g/mol. The SMILES string of the molecule is CNc1nc(-c2ccc(F)cc2Cl)nc2sccc12. The van der Waals surface area contributed by atoms with Gasteiger partial charge in [-0.05, 0) is 29.6 Å². The van der Waals surface area contributed by atoms with Gasteiger partial charge in [-0.3, -0.25) is 0 Å². The molecule has 0 spiro atoms. The number of hydrogen-bond donors (Lipinski definition) is 1. The van der Waals surface area contributed by atoms with E-state index in [9.17, 15) is 4.39 Å². The first-order valence-corrected chi connectivity index (χ1v) is 6.83. The zero-order valence-electron chi connectivity index (χ0n) is 9.95. The van der Waals surface area contributed by atoms with Crippen molar-refractivity contribution in [3.05, 3.63) is 40.5 Å². The Morgan fingerprint density at radius 2 is 2.11 bits per heavy atom. The van der Waals surface area contributed by atoms with E-state index in [1.165, 1.54) is 23.5 Å². The van der Waals surface area contributed by atoms with E-state index in [0.717, 1.165) is 16.0 Å². The van der Waals surface area contributed by atoms with Crippen LogP contribution >= 0.6 is 22.9 Å². The Morgan fingerprint density at radius 1 is 1.26 bits per heavy atom. The van der Waals surface area contributed by atoms with Gasteiger partial charge >= 0.3 is 0 Å². The van der Waals surface area contributed by atoms with Crippen LogP contribution in [0.3, 0.4) is 0 Å². The summed E-state index contributed by atoms with van der Waals surface area (Å²) in [7, 11) is 1.80. The average Bonchev–Trinajstić information content (AvgIpc) is 2.85. The third-order valence-electron chi connectivity index (χ3n) is 2.73. The summed E-state index contributed by atoms with van der Waals surface area (Å²) in [6, 6.07) is 6.16. The first-order valence-electron chi connectivity index (χ1n) is 5.57. The number of anilines is 1. The van der Waals surface area contributed by atoms with Gasteiger partial charge in [0.2, 0.25) is 0 Å². The van der Waals surface area contributed by atoms with Crippen molar-refractivity contribution in [2.24, 2.45) is 0 Å². The lowest BCUT2D eigenvalue weighted by Gasteiger charge is -2.07. The summed E-state index contributed by atoms with van der Waals surface area (Å²) < 4.78 is 13.1. The number of thiophene rings is 1. The fraction of sp³-hybridized carbons (Fsp3) is 0.0769. The van der Waals surface area contributed by atoms with Crippen molar-refractivity contribution in [3.63, 3.8) is 0 Å². The topological polar surface area (TPSA) is 37.8 Å². The minimum atomic E-state index is -0.375. The highest BCUT2D eigenvalue weighted by molar-refractivity contribution is 7.16. The number of hydrogen-bond acceptors (Lipinski definition) is 4. The molecule has 3 aromatic rings. The molecule has 0 saturated carbocycles. The normalized spacial score (nSPS) is 10.9. The second-order valence-electron chi connectivity index (χ2n) is 3.91. The molecule has 0 aliphatic carbocycles. The Morgan fingerprint density at radius 3 is 2.84 bits per heavy atom. The van der Waals surface area contributed by atoms with E-state index in [1.807, 2.05) is 11.4 Å². The lowest BCUT2D eigenvalue weighted by molar-refractivity contribution is 0.628. The zero-order chi connectivity index (χ0) is 13.4. The molecule has 1 N–H and O–H groups in total. The van der Waals surface area contributed by atoms with E-state index in [4.69, 9.17) is 11.6 Å². The number of benzene rings is 1. The predicted molar refractivity (Wildman–Crippen MR) is 77.4 cm³/mol. The number of nitrogens with one attached hydrogen (secondary N) is 1. The van der Waals surface area contributed by atoms with Crippen molar-refractivity contribution in [2.45, 2.75) is 0 Å². The molecule has 0 bridgehead atoms. The van der Waals surface area contributed by atoms with Gasteiger partial charge in [-0.15, -0.1) is 11.3 Å². The van der Waals surface area contributed by atoms with Gasteiger partial charge in [-0.1, -0.05) is 11.6 Å². The third kappa shape index (κ3) is 2.15. The molecule has 3 nitrogen and oxygen atoms in total. The van der Waals surface area contributed by atoms with Crippen LogP contribution in [-0.4, -0.2) is 17.0 Å². The second kappa shape index (κ2) is 4.75. The molecule has 6 heteroatoms. The quantitative estimate of drug-likeness (QED) is 0.770. The molecule has 0 amide bonds. The van der Waals surface area contributed by atoms with E-state index in [1.54, 1.807) is 13.1 Å². The molecule has 2 heterocycles. The number of aromatic nitrogens is 2. The van der Waals surface area contributed by atoms with E-state index >= 15 is 0 Å². The van der Waals surface area contributed by atoms with Crippen molar-refractivity contribution in [3.8, 4) is 11.4 Å². The van der Waals surface area contributed by atoms with E-state index < -0.39 is 0 Å². The molecule has 0 saturated heterocycles. The first kappa shape index (κ1) is 12.3. The second-order valence-corrected chi connectivity index (χ2v) is 5.21. The van der Waals surface area contributed by atoms with Crippen molar-refractivity contribution >= 4 is 39.0 Å². The van der Waals surface area contributed by atoms with Crippen LogP contribution < -0.4 is 5.32 Å². The van der Waals surface area contributed by atoms with Gasteiger partial charge in [-0.25, -0.2) is 14.4 Å². The van der Waals surface area contributed by atoms with Crippen LogP contribution in [0.25, 0.3) is 21.6 Å². The van der Waals surface area contributed by atoms with Crippen LogP contribution in [0, 0.1) is 5.82 Å². The predicted octanol–water partition coefficient (Wildman–Crippen LogP) is 4.19. The Labute approximate surface area is 118 Å². The molecule has 1 aromatic carbocycles. The molecule has 3 rings (SSSR count). The Kier molecular flexibility index (Phi) is 3.08. The Balaban J connectivity index is 2.24. The summed E-state index contributed by atoms with van der Waals surface area (Å²) >= 11 is 7.57. The van der Waals surface area contributed by atoms with Gasteiger partial charge in [0.1, 0.15) is 16.5 Å². The fourth-order valence-corrected chi connectivity index (χ4v) is 2.85. The van der Waals surface area contributed by atoms with Crippen LogP contribution in [-0.2, 0) is 0 Å². The molecule has 96 valence electrons. The molecule has 0 radical (unpaired) electrons. The van der Waals surface area contributed by atoms with Crippen LogP contribution in [0.4, 0.5) is 10.2 Å². The zero-order valence-corrected chi connectivity index (χ0v) is 11.5. The molecule has 2 aromatic heterocycles. The smallest absolute Gasteiger partial charge is 0.164 e. The van der Waals surface area contributed by atoms with Gasteiger partial charge < -0.3 is 5.32 Å². The Hall–Kier alpha value is -1.72.